The Labute approximate surface area is 305 Å². The minimum atomic E-state index is -1.07. The average molecular weight is 716 g/mol. The lowest BCUT2D eigenvalue weighted by atomic mass is 9.90. The molecular weight excluding hydrogens is 650 g/mol. The third kappa shape index (κ3) is 15.2. The summed E-state index contributed by atoms with van der Waals surface area (Å²) in [5.74, 6) is -2.67. The van der Waals surface area contributed by atoms with Crippen molar-refractivity contribution in [3.05, 3.63) is 35.9 Å². The van der Waals surface area contributed by atoms with Gasteiger partial charge in [-0.05, 0) is 75.7 Å². The smallest absolute Gasteiger partial charge is 0.408 e. The van der Waals surface area contributed by atoms with Crippen molar-refractivity contribution in [1.82, 2.24) is 26.6 Å². The molecule has 1 aromatic carbocycles. The molecule has 0 heterocycles. The highest BCUT2D eigenvalue weighted by Crippen LogP contribution is 2.29. The molecule has 1 aliphatic carbocycles. The van der Waals surface area contributed by atoms with Gasteiger partial charge in [0.2, 0.25) is 23.6 Å². The van der Waals surface area contributed by atoms with Gasteiger partial charge in [-0.3, -0.25) is 19.2 Å². The number of aliphatic hydroxyl groups excluding tert-OH is 1. The Balaban J connectivity index is 2.14. The Kier molecular flexibility index (Phi) is 17.4. The van der Waals surface area contributed by atoms with Crippen LogP contribution in [0.5, 0.6) is 0 Å². The monoisotopic (exact) mass is 715 g/mol. The molecule has 1 aliphatic rings. The van der Waals surface area contributed by atoms with Crippen molar-refractivity contribution >= 4 is 29.7 Å². The Hall–Kier alpha value is -3.67. The van der Waals surface area contributed by atoms with Crippen molar-refractivity contribution in [1.29, 1.82) is 0 Å². The van der Waals surface area contributed by atoms with Crippen LogP contribution in [0.2, 0.25) is 0 Å². The fourth-order valence-electron chi connectivity index (χ4n) is 6.35. The van der Waals surface area contributed by atoms with Gasteiger partial charge in [-0.25, -0.2) is 4.79 Å². The van der Waals surface area contributed by atoms with Crippen molar-refractivity contribution in [3.8, 4) is 0 Å². The lowest BCUT2D eigenvalue weighted by molar-refractivity contribution is -0.133. The quantitative estimate of drug-likeness (QED) is 0.129. The molecule has 1 saturated carbocycles. The number of aliphatic hydroxyl groups is 1. The molecule has 2 rings (SSSR count). The Morgan fingerprint density at radius 1 is 0.745 bits per heavy atom. The number of alkyl carbamates (subject to hydrolysis) is 1. The minimum Gasteiger partial charge on any atom is -0.444 e. The summed E-state index contributed by atoms with van der Waals surface area (Å²) in [6.45, 7) is 18.5. The van der Waals surface area contributed by atoms with Crippen molar-refractivity contribution < 1.29 is 33.8 Å². The number of hydrogen-bond donors (Lipinski definition) is 6. The van der Waals surface area contributed by atoms with E-state index in [2.05, 4.69) is 26.6 Å². The molecule has 51 heavy (non-hydrogen) atoms. The van der Waals surface area contributed by atoms with E-state index in [1.807, 2.05) is 58.0 Å². The van der Waals surface area contributed by atoms with Gasteiger partial charge >= 0.3 is 6.09 Å². The molecule has 12 heteroatoms. The van der Waals surface area contributed by atoms with Crippen LogP contribution in [-0.4, -0.2) is 70.7 Å². The fourth-order valence-corrected chi connectivity index (χ4v) is 6.35. The van der Waals surface area contributed by atoms with Gasteiger partial charge in [0.25, 0.3) is 0 Å². The van der Waals surface area contributed by atoms with E-state index in [4.69, 9.17) is 4.74 Å². The Bertz CT molecular complexity index is 1270. The summed E-state index contributed by atoms with van der Waals surface area (Å²) in [7, 11) is 0. The van der Waals surface area contributed by atoms with Gasteiger partial charge in [-0.15, -0.1) is 0 Å². The van der Waals surface area contributed by atoms with E-state index in [1.54, 1.807) is 41.5 Å². The number of carbonyl (C=O) groups is 5. The predicted molar refractivity (Wildman–Crippen MR) is 198 cm³/mol. The van der Waals surface area contributed by atoms with Gasteiger partial charge < -0.3 is 36.4 Å². The highest BCUT2D eigenvalue weighted by atomic mass is 16.6. The molecule has 0 aliphatic heterocycles. The molecular formula is C39H65N5O7. The van der Waals surface area contributed by atoms with E-state index in [0.717, 1.165) is 31.2 Å². The largest absolute Gasteiger partial charge is 0.444 e. The van der Waals surface area contributed by atoms with Crippen LogP contribution in [0.3, 0.4) is 0 Å². The highest BCUT2D eigenvalue weighted by molar-refractivity contribution is 5.92. The minimum absolute atomic E-state index is 0.0512. The van der Waals surface area contributed by atoms with Crippen molar-refractivity contribution in [2.75, 3.05) is 0 Å². The third-order valence-electron chi connectivity index (χ3n) is 9.19. The normalized spacial score (nSPS) is 17.2. The topological polar surface area (TPSA) is 175 Å². The van der Waals surface area contributed by atoms with Gasteiger partial charge in [0.1, 0.15) is 23.7 Å². The first kappa shape index (κ1) is 43.5. The zero-order chi connectivity index (χ0) is 38.5. The van der Waals surface area contributed by atoms with E-state index in [-0.39, 0.29) is 41.9 Å². The molecule has 0 bridgehead atoms. The zero-order valence-corrected chi connectivity index (χ0v) is 32.5. The van der Waals surface area contributed by atoms with Gasteiger partial charge in [0.05, 0.1) is 12.1 Å². The molecule has 0 spiro atoms. The van der Waals surface area contributed by atoms with Crippen molar-refractivity contribution in [3.63, 3.8) is 0 Å². The maximum atomic E-state index is 14.0. The first-order valence-electron chi connectivity index (χ1n) is 18.7. The van der Waals surface area contributed by atoms with E-state index >= 15 is 0 Å². The molecule has 1 aromatic rings. The molecule has 12 nitrogen and oxygen atoms in total. The van der Waals surface area contributed by atoms with Crippen molar-refractivity contribution in [2.24, 2.45) is 29.6 Å². The van der Waals surface area contributed by atoms with Gasteiger partial charge in [0, 0.05) is 12.5 Å². The maximum absolute atomic E-state index is 14.0. The number of amides is 5. The van der Waals surface area contributed by atoms with Crippen LogP contribution in [0, 0.1) is 29.6 Å². The number of rotatable bonds is 18. The standard InChI is InChI=1S/C39H65N5O7/c1-23(2)20-29(30(45)21-26(7)34(46)42-31(24(3)4)35(47)40-22-27-16-12-11-13-17-27)41-37(49)33(28-18-14-15-19-28)43-36(48)32(25(5)6)44-38(50)51-39(8,9)10/h11-13,16-17,23-26,28-33,45H,14-15,18-22H2,1-10H3,(H,40,47)(H,41,49)(H,42,46)(H,43,48)(H,44,50)/t26-,29+,30+,31+,32?,33+/m1/s1. The van der Waals surface area contributed by atoms with Crippen LogP contribution < -0.4 is 26.6 Å². The molecule has 1 fully saturated rings. The van der Waals surface area contributed by atoms with E-state index in [1.165, 1.54) is 0 Å². The van der Waals surface area contributed by atoms with Crippen LogP contribution in [0.15, 0.2) is 30.3 Å². The van der Waals surface area contributed by atoms with E-state index in [9.17, 15) is 29.1 Å². The van der Waals surface area contributed by atoms with Gasteiger partial charge in [-0.1, -0.05) is 91.6 Å². The molecule has 5 amide bonds. The Morgan fingerprint density at radius 2 is 1.31 bits per heavy atom. The van der Waals surface area contributed by atoms with Crippen LogP contribution in [0.4, 0.5) is 4.79 Å². The summed E-state index contributed by atoms with van der Waals surface area (Å²) in [6, 6.07) is 6.26. The molecule has 0 aromatic heterocycles. The van der Waals surface area contributed by atoms with Gasteiger partial charge in [-0.2, -0.15) is 0 Å². The van der Waals surface area contributed by atoms with E-state index < -0.39 is 59.7 Å². The van der Waals surface area contributed by atoms with Gasteiger partial charge in [0.15, 0.2) is 0 Å². The lowest BCUT2D eigenvalue weighted by Gasteiger charge is -2.32. The summed E-state index contributed by atoms with van der Waals surface area (Å²) in [5, 5.41) is 25.8. The zero-order valence-electron chi connectivity index (χ0n) is 32.5. The summed E-state index contributed by atoms with van der Waals surface area (Å²) in [4.78, 5) is 66.5. The summed E-state index contributed by atoms with van der Waals surface area (Å²) in [5.41, 5.74) is 0.202. The second-order valence-corrected chi connectivity index (χ2v) is 16.3. The maximum Gasteiger partial charge on any atom is 0.408 e. The number of benzene rings is 1. The predicted octanol–water partition coefficient (Wildman–Crippen LogP) is 4.59. The Morgan fingerprint density at radius 3 is 1.84 bits per heavy atom. The number of nitrogens with one attached hydrogen (secondary N) is 5. The highest BCUT2D eigenvalue weighted by Gasteiger charge is 2.37. The number of carbonyl (C=O) groups excluding carboxylic acids is 5. The number of hydrogen-bond acceptors (Lipinski definition) is 7. The molecule has 0 saturated heterocycles. The number of ether oxygens (including phenoxy) is 1. The molecule has 0 radical (unpaired) electrons. The average Bonchev–Trinajstić information content (AvgIpc) is 3.57. The summed E-state index contributed by atoms with van der Waals surface area (Å²) < 4.78 is 5.37. The lowest BCUT2D eigenvalue weighted by Crippen LogP contribution is -2.59. The van der Waals surface area contributed by atoms with Crippen LogP contribution in [-0.2, 0) is 30.5 Å². The van der Waals surface area contributed by atoms with Crippen LogP contribution >= 0.6 is 0 Å². The summed E-state index contributed by atoms with van der Waals surface area (Å²) >= 11 is 0. The summed E-state index contributed by atoms with van der Waals surface area (Å²) in [6.07, 6.45) is 2.08. The van der Waals surface area contributed by atoms with Crippen LogP contribution in [0.1, 0.15) is 113 Å². The fraction of sp³-hybridized carbons (Fsp3) is 0.718. The third-order valence-corrected chi connectivity index (χ3v) is 9.19. The van der Waals surface area contributed by atoms with Crippen molar-refractivity contribution in [2.45, 2.75) is 150 Å². The van der Waals surface area contributed by atoms with Crippen LogP contribution in [0.25, 0.3) is 0 Å². The van der Waals surface area contributed by atoms with E-state index in [0.29, 0.717) is 13.0 Å². The molecule has 6 N–H and O–H groups in total. The second kappa shape index (κ2) is 20.4. The SMILES string of the molecule is CC(C)C[C@H](NC(=O)[C@@H](NC(=O)C(NC(=O)OC(C)(C)C)C(C)C)C1CCCC1)[C@@H](O)C[C@@H](C)C(=O)N[C@H](C(=O)NCc1ccccc1)C(C)C. The first-order chi connectivity index (χ1) is 23.8. The molecule has 6 atom stereocenters. The first-order valence-corrected chi connectivity index (χ1v) is 18.7. The molecule has 1 unspecified atom stereocenters. The second-order valence-electron chi connectivity index (χ2n) is 16.3. The molecule has 288 valence electrons.